The van der Waals surface area contributed by atoms with Crippen molar-refractivity contribution in [1.29, 1.82) is 0 Å². The predicted octanol–water partition coefficient (Wildman–Crippen LogP) is 3.27. The zero-order chi connectivity index (χ0) is 20.8. The van der Waals surface area contributed by atoms with Crippen molar-refractivity contribution in [3.63, 3.8) is 0 Å². The zero-order valence-electron chi connectivity index (χ0n) is 16.6. The van der Waals surface area contributed by atoms with Crippen molar-refractivity contribution in [2.75, 3.05) is 18.5 Å². The van der Waals surface area contributed by atoms with Gasteiger partial charge in [-0.3, -0.25) is 9.69 Å². The second kappa shape index (κ2) is 9.72. The number of carbonyl (C=O) groups excluding carboxylic acids is 1. The van der Waals surface area contributed by atoms with Crippen LogP contribution < -0.4 is 5.32 Å². The minimum atomic E-state index is -0.140. The first kappa shape index (κ1) is 20.4. The highest BCUT2D eigenvalue weighted by Crippen LogP contribution is 2.24. The number of amides is 1. The molecule has 0 unspecified atom stereocenters. The van der Waals surface area contributed by atoms with E-state index in [1.807, 2.05) is 48.0 Å². The molecule has 2 N–H and O–H groups in total. The second-order valence-electron chi connectivity index (χ2n) is 7.23. The number of hydrogen-bond acceptors (Lipinski definition) is 5. The Hall–Kier alpha value is -2.92. The molecule has 0 bridgehead atoms. The Morgan fingerprint density at radius 1 is 1.30 bits per heavy atom. The molecule has 154 valence electrons. The molecule has 0 aliphatic carbocycles. The quantitative estimate of drug-likeness (QED) is 0.622. The minimum absolute atomic E-state index is 0.0402. The highest BCUT2D eigenvalue weighted by Gasteiger charge is 2.29. The Balaban J connectivity index is 1.40. The number of hydrogen-bond donors (Lipinski definition) is 2. The van der Waals surface area contributed by atoms with Crippen molar-refractivity contribution in [2.45, 2.75) is 31.8 Å². The van der Waals surface area contributed by atoms with Gasteiger partial charge in [0, 0.05) is 40.4 Å². The average molecular weight is 421 g/mol. The Labute approximate surface area is 180 Å². The summed E-state index contributed by atoms with van der Waals surface area (Å²) in [6.45, 7) is 1.51. The van der Waals surface area contributed by atoms with E-state index >= 15 is 0 Å². The molecular formula is C23H24N4O2S. The molecule has 6 nitrogen and oxygen atoms in total. The molecule has 7 heteroatoms. The maximum atomic E-state index is 13.0. The second-order valence-corrected chi connectivity index (χ2v) is 8.23. The van der Waals surface area contributed by atoms with Crippen molar-refractivity contribution < 1.29 is 9.90 Å². The summed E-state index contributed by atoms with van der Waals surface area (Å²) in [7, 11) is 0. The van der Waals surface area contributed by atoms with Gasteiger partial charge in [-0.15, -0.1) is 11.3 Å². The number of carbonyl (C=O) groups is 1. The van der Waals surface area contributed by atoms with Crippen LogP contribution >= 0.6 is 11.3 Å². The van der Waals surface area contributed by atoms with Gasteiger partial charge < -0.3 is 10.4 Å². The lowest BCUT2D eigenvalue weighted by molar-refractivity contribution is -0.122. The molecule has 4 rings (SSSR count). The first-order valence-corrected chi connectivity index (χ1v) is 10.9. The van der Waals surface area contributed by atoms with Crippen molar-refractivity contribution in [3.05, 3.63) is 64.6 Å². The maximum absolute atomic E-state index is 13.0. The third-order valence-electron chi connectivity index (χ3n) is 5.14. The van der Waals surface area contributed by atoms with E-state index in [0.29, 0.717) is 0 Å². The van der Waals surface area contributed by atoms with E-state index in [9.17, 15) is 4.79 Å². The Bertz CT molecular complexity index is 1030. The summed E-state index contributed by atoms with van der Waals surface area (Å²) < 4.78 is 1.79. The summed E-state index contributed by atoms with van der Waals surface area (Å²) in [6, 6.07) is 11.5. The van der Waals surface area contributed by atoms with E-state index in [0.717, 1.165) is 49.3 Å². The van der Waals surface area contributed by atoms with Crippen LogP contribution in [0, 0.1) is 11.8 Å². The van der Waals surface area contributed by atoms with E-state index in [1.54, 1.807) is 22.2 Å². The van der Waals surface area contributed by atoms with Gasteiger partial charge in [-0.2, -0.15) is 5.10 Å². The van der Waals surface area contributed by atoms with Crippen molar-refractivity contribution in [3.8, 4) is 17.5 Å². The summed E-state index contributed by atoms with van der Waals surface area (Å²) in [6.07, 6.45) is 6.65. The van der Waals surface area contributed by atoms with Gasteiger partial charge in [0.15, 0.2) is 0 Å². The number of rotatable bonds is 5. The normalized spacial score (nSPS) is 16.6. The average Bonchev–Trinajstić information content (AvgIpc) is 3.45. The van der Waals surface area contributed by atoms with Gasteiger partial charge in [-0.25, -0.2) is 4.68 Å². The Morgan fingerprint density at radius 2 is 2.17 bits per heavy atom. The number of nitrogens with zero attached hydrogens (tertiary/aromatic N) is 3. The molecule has 1 aliphatic rings. The number of benzene rings is 1. The Morgan fingerprint density at radius 3 is 2.93 bits per heavy atom. The minimum Gasteiger partial charge on any atom is -0.384 e. The maximum Gasteiger partial charge on any atom is 0.241 e. The monoisotopic (exact) mass is 420 g/mol. The van der Waals surface area contributed by atoms with Crippen LogP contribution in [0.15, 0.2) is 54.2 Å². The van der Waals surface area contributed by atoms with Crippen LogP contribution in [0.4, 0.5) is 5.69 Å². The third kappa shape index (κ3) is 4.97. The third-order valence-corrected chi connectivity index (χ3v) is 6.07. The van der Waals surface area contributed by atoms with E-state index in [-0.39, 0.29) is 18.6 Å². The van der Waals surface area contributed by atoms with Gasteiger partial charge in [0.05, 0.1) is 11.7 Å². The molecule has 0 saturated carbocycles. The van der Waals surface area contributed by atoms with E-state index < -0.39 is 0 Å². The summed E-state index contributed by atoms with van der Waals surface area (Å²) in [5.74, 6) is 5.66. The van der Waals surface area contributed by atoms with E-state index in [4.69, 9.17) is 5.11 Å². The highest BCUT2D eigenvalue weighted by molar-refractivity contribution is 7.10. The van der Waals surface area contributed by atoms with Gasteiger partial charge in [0.1, 0.15) is 6.61 Å². The van der Waals surface area contributed by atoms with Gasteiger partial charge in [-0.05, 0) is 55.8 Å². The first-order valence-electron chi connectivity index (χ1n) is 10.0. The van der Waals surface area contributed by atoms with E-state index in [2.05, 4.69) is 27.2 Å². The van der Waals surface area contributed by atoms with Crippen LogP contribution in [-0.2, 0) is 11.3 Å². The molecule has 1 amide bonds. The lowest BCUT2D eigenvalue weighted by Crippen LogP contribution is -2.46. The van der Waals surface area contributed by atoms with Crippen LogP contribution in [0.25, 0.3) is 5.69 Å². The number of aliphatic hydroxyl groups is 1. The number of likely N-dealkylation sites (tertiary alicyclic amines) is 1. The SMILES string of the molecule is O=C(Nc1ccc(-n2cccn2)cc1)[C@H]1CCCCN1Cc1cc(C#CCO)cs1. The van der Waals surface area contributed by atoms with Crippen molar-refractivity contribution in [2.24, 2.45) is 0 Å². The summed E-state index contributed by atoms with van der Waals surface area (Å²) >= 11 is 1.65. The lowest BCUT2D eigenvalue weighted by Gasteiger charge is -2.34. The largest absolute Gasteiger partial charge is 0.384 e. The molecule has 3 aromatic rings. The molecule has 0 radical (unpaired) electrons. The molecular weight excluding hydrogens is 396 g/mol. The molecule has 3 heterocycles. The number of aliphatic hydroxyl groups excluding tert-OH is 1. The molecule has 2 aromatic heterocycles. The van der Waals surface area contributed by atoms with Crippen LogP contribution in [0.3, 0.4) is 0 Å². The predicted molar refractivity (Wildman–Crippen MR) is 119 cm³/mol. The molecule has 1 fully saturated rings. The number of anilines is 1. The first-order chi connectivity index (χ1) is 14.7. The van der Waals surface area contributed by atoms with Crippen molar-refractivity contribution in [1.82, 2.24) is 14.7 Å². The smallest absolute Gasteiger partial charge is 0.241 e. The fourth-order valence-corrected chi connectivity index (χ4v) is 4.53. The topological polar surface area (TPSA) is 70.4 Å². The fourth-order valence-electron chi connectivity index (χ4n) is 3.69. The van der Waals surface area contributed by atoms with E-state index in [1.165, 1.54) is 4.88 Å². The van der Waals surface area contributed by atoms with Crippen LogP contribution in [0.5, 0.6) is 0 Å². The molecule has 0 spiro atoms. The van der Waals surface area contributed by atoms with Gasteiger partial charge in [-0.1, -0.05) is 18.3 Å². The van der Waals surface area contributed by atoms with Gasteiger partial charge >= 0.3 is 0 Å². The van der Waals surface area contributed by atoms with Crippen LogP contribution in [-0.4, -0.2) is 44.9 Å². The molecule has 1 aromatic carbocycles. The number of piperidine rings is 1. The lowest BCUT2D eigenvalue weighted by atomic mass is 10.0. The summed E-state index contributed by atoms with van der Waals surface area (Å²) in [5, 5.41) is 18.1. The van der Waals surface area contributed by atoms with Crippen molar-refractivity contribution >= 4 is 22.9 Å². The van der Waals surface area contributed by atoms with Crippen LogP contribution in [0.1, 0.15) is 29.7 Å². The highest BCUT2D eigenvalue weighted by atomic mass is 32.1. The molecule has 1 aliphatic heterocycles. The van der Waals surface area contributed by atoms with Gasteiger partial charge in [0.2, 0.25) is 5.91 Å². The number of thiophene rings is 1. The zero-order valence-corrected chi connectivity index (χ0v) is 17.4. The Kier molecular flexibility index (Phi) is 6.60. The molecule has 1 atom stereocenters. The van der Waals surface area contributed by atoms with Gasteiger partial charge in [0.25, 0.3) is 0 Å². The summed E-state index contributed by atoms with van der Waals surface area (Å²) in [4.78, 5) is 16.4. The fraction of sp³-hybridized carbons (Fsp3) is 0.304. The standard InChI is InChI=1S/C23H24N4O2S/c28-14-3-5-18-15-21(30-17-18)16-26-12-2-1-6-22(26)23(29)25-19-7-9-20(10-8-19)27-13-4-11-24-27/h4,7-11,13,15,17,22,28H,1-2,6,12,14,16H2,(H,25,29)/t22-/m1/s1. The summed E-state index contributed by atoms with van der Waals surface area (Å²) in [5.41, 5.74) is 2.66. The molecule has 30 heavy (non-hydrogen) atoms. The van der Waals surface area contributed by atoms with Crippen LogP contribution in [0.2, 0.25) is 0 Å². The number of nitrogens with one attached hydrogen (secondary N) is 1. The molecule has 1 saturated heterocycles. The number of aromatic nitrogens is 2.